The average molecular weight is 482 g/mol. The summed E-state index contributed by atoms with van der Waals surface area (Å²) in [6.07, 6.45) is 5.57. The van der Waals surface area contributed by atoms with Gasteiger partial charge in [0.25, 0.3) is 5.91 Å². The third kappa shape index (κ3) is 5.04. The van der Waals surface area contributed by atoms with Crippen LogP contribution in [0.15, 0.2) is 36.8 Å². The first kappa shape index (κ1) is 26.6. The van der Waals surface area contributed by atoms with Gasteiger partial charge in [-0.2, -0.15) is 0 Å². The van der Waals surface area contributed by atoms with Gasteiger partial charge in [-0.15, -0.1) is 0 Å². The lowest BCUT2D eigenvalue weighted by molar-refractivity contribution is -0.150. The second-order valence-corrected chi connectivity index (χ2v) is 11.5. The van der Waals surface area contributed by atoms with Crippen LogP contribution < -0.4 is 4.74 Å². The van der Waals surface area contributed by atoms with Crippen LogP contribution in [0.4, 0.5) is 0 Å². The standard InChI is InChI=1S/C28H39N3O4/c1-17(2)14-28(26(33)34)15-20(22-16-29-11-12-30-22)24(18(3)4)31(28)25(32)19-9-10-21(27(5,6)7)23(13-19)35-8/h9-13,16-18,20,24H,14-15H2,1-8H3,(H,33,34). The van der Waals surface area contributed by atoms with Crippen molar-refractivity contribution in [3.8, 4) is 5.75 Å². The number of likely N-dealkylation sites (tertiary alicyclic amines) is 1. The molecule has 1 N–H and O–H groups in total. The van der Waals surface area contributed by atoms with Gasteiger partial charge in [0.05, 0.1) is 12.8 Å². The lowest BCUT2D eigenvalue weighted by atomic mass is 9.82. The summed E-state index contributed by atoms with van der Waals surface area (Å²) in [5.74, 6) is -0.799. The van der Waals surface area contributed by atoms with Crippen molar-refractivity contribution in [3.63, 3.8) is 0 Å². The summed E-state index contributed by atoms with van der Waals surface area (Å²) in [5, 5.41) is 10.6. The molecule has 2 aromatic rings. The molecule has 0 radical (unpaired) electrons. The van der Waals surface area contributed by atoms with E-state index in [-0.39, 0.29) is 35.1 Å². The molecule has 1 aliphatic rings. The molecular weight excluding hydrogens is 442 g/mol. The molecule has 1 fully saturated rings. The molecule has 3 atom stereocenters. The fourth-order valence-electron chi connectivity index (χ4n) is 5.64. The van der Waals surface area contributed by atoms with Gasteiger partial charge >= 0.3 is 5.97 Å². The van der Waals surface area contributed by atoms with Crippen molar-refractivity contribution in [1.82, 2.24) is 14.9 Å². The Balaban J connectivity index is 2.20. The number of carboxylic acids is 1. The number of methoxy groups -OCH3 is 1. The summed E-state index contributed by atoms with van der Waals surface area (Å²) >= 11 is 0. The Labute approximate surface area is 208 Å². The predicted octanol–water partition coefficient (Wildman–Crippen LogP) is 5.31. The van der Waals surface area contributed by atoms with Crippen LogP contribution in [-0.4, -0.2) is 50.5 Å². The zero-order chi connectivity index (χ0) is 26.1. The lowest BCUT2D eigenvalue weighted by Gasteiger charge is -2.40. The molecule has 1 aromatic carbocycles. The van der Waals surface area contributed by atoms with Gasteiger partial charge in [-0.25, -0.2) is 4.79 Å². The molecule has 3 rings (SSSR count). The van der Waals surface area contributed by atoms with Gasteiger partial charge in [0.1, 0.15) is 11.3 Å². The summed E-state index contributed by atoms with van der Waals surface area (Å²) in [5.41, 5.74) is 0.618. The molecule has 7 heteroatoms. The van der Waals surface area contributed by atoms with Crippen LogP contribution in [0.25, 0.3) is 0 Å². The summed E-state index contributed by atoms with van der Waals surface area (Å²) in [6.45, 7) is 14.3. The molecule has 0 saturated carbocycles. The largest absolute Gasteiger partial charge is 0.496 e. The van der Waals surface area contributed by atoms with Crippen molar-refractivity contribution >= 4 is 11.9 Å². The second kappa shape index (κ2) is 9.96. The number of rotatable bonds is 7. The first-order chi connectivity index (χ1) is 16.3. The number of benzene rings is 1. The highest BCUT2D eigenvalue weighted by molar-refractivity contribution is 5.99. The second-order valence-electron chi connectivity index (χ2n) is 11.5. The average Bonchev–Trinajstić information content (AvgIpc) is 3.14. The Bertz CT molecular complexity index is 1060. The van der Waals surface area contributed by atoms with Crippen molar-refractivity contribution < 1.29 is 19.4 Å². The van der Waals surface area contributed by atoms with Crippen molar-refractivity contribution in [2.75, 3.05) is 7.11 Å². The molecule has 0 bridgehead atoms. The summed E-state index contributed by atoms with van der Waals surface area (Å²) in [6, 6.07) is 5.11. The van der Waals surface area contributed by atoms with E-state index in [1.54, 1.807) is 42.7 Å². The van der Waals surface area contributed by atoms with Crippen LogP contribution in [0.1, 0.15) is 88.8 Å². The number of ether oxygens (including phenoxy) is 1. The molecule has 0 spiro atoms. The molecule has 0 aliphatic carbocycles. The van der Waals surface area contributed by atoms with Crippen LogP contribution in [0.2, 0.25) is 0 Å². The Morgan fingerprint density at radius 3 is 2.37 bits per heavy atom. The Morgan fingerprint density at radius 2 is 1.89 bits per heavy atom. The zero-order valence-corrected chi connectivity index (χ0v) is 22.2. The highest BCUT2D eigenvalue weighted by atomic mass is 16.5. The monoisotopic (exact) mass is 481 g/mol. The maximum Gasteiger partial charge on any atom is 0.329 e. The molecule has 1 aliphatic heterocycles. The Kier molecular flexibility index (Phi) is 7.58. The molecule has 2 heterocycles. The normalized spacial score (nSPS) is 22.6. The predicted molar refractivity (Wildman–Crippen MR) is 136 cm³/mol. The van der Waals surface area contributed by atoms with Gasteiger partial charge in [0.2, 0.25) is 0 Å². The lowest BCUT2D eigenvalue weighted by Crippen LogP contribution is -2.57. The van der Waals surface area contributed by atoms with E-state index in [4.69, 9.17) is 4.74 Å². The topological polar surface area (TPSA) is 92.6 Å². The quantitative estimate of drug-likeness (QED) is 0.576. The zero-order valence-electron chi connectivity index (χ0n) is 22.2. The molecule has 1 saturated heterocycles. The number of aliphatic carboxylic acids is 1. The van der Waals surface area contributed by atoms with Gasteiger partial charge in [-0.1, -0.05) is 54.5 Å². The van der Waals surface area contributed by atoms with Crippen LogP contribution in [0, 0.1) is 11.8 Å². The van der Waals surface area contributed by atoms with Crippen molar-refractivity contribution in [1.29, 1.82) is 0 Å². The number of carboxylic acid groups (broad SMARTS) is 1. The first-order valence-corrected chi connectivity index (χ1v) is 12.3. The summed E-state index contributed by atoms with van der Waals surface area (Å²) in [4.78, 5) is 37.6. The van der Waals surface area contributed by atoms with E-state index in [2.05, 4.69) is 30.7 Å². The molecule has 3 unspecified atom stereocenters. The van der Waals surface area contributed by atoms with Gasteiger partial charge in [-0.05, 0) is 47.8 Å². The van der Waals surface area contributed by atoms with Crippen LogP contribution in [0.3, 0.4) is 0 Å². The third-order valence-corrected chi connectivity index (χ3v) is 6.99. The van der Waals surface area contributed by atoms with E-state index in [0.717, 1.165) is 11.3 Å². The van der Waals surface area contributed by atoms with E-state index in [0.29, 0.717) is 24.2 Å². The van der Waals surface area contributed by atoms with E-state index in [1.807, 2.05) is 33.8 Å². The van der Waals surface area contributed by atoms with E-state index in [1.165, 1.54) is 0 Å². The number of carbonyl (C=O) groups excluding carboxylic acids is 1. The highest BCUT2D eigenvalue weighted by Crippen LogP contribution is 2.49. The molecule has 190 valence electrons. The van der Waals surface area contributed by atoms with Crippen molar-refractivity contribution in [2.45, 2.75) is 84.2 Å². The van der Waals surface area contributed by atoms with Crippen LogP contribution >= 0.6 is 0 Å². The van der Waals surface area contributed by atoms with E-state index >= 15 is 0 Å². The van der Waals surface area contributed by atoms with Gasteiger partial charge in [-0.3, -0.25) is 14.8 Å². The molecule has 1 aromatic heterocycles. The van der Waals surface area contributed by atoms with Crippen LogP contribution in [-0.2, 0) is 10.2 Å². The maximum atomic E-state index is 14.2. The first-order valence-electron chi connectivity index (χ1n) is 12.3. The molecule has 35 heavy (non-hydrogen) atoms. The van der Waals surface area contributed by atoms with Crippen LogP contribution in [0.5, 0.6) is 5.75 Å². The maximum absolute atomic E-state index is 14.2. The number of nitrogens with zero attached hydrogens (tertiary/aromatic N) is 3. The van der Waals surface area contributed by atoms with Crippen molar-refractivity contribution in [3.05, 3.63) is 53.6 Å². The molecule has 1 amide bonds. The van der Waals surface area contributed by atoms with Crippen molar-refractivity contribution in [2.24, 2.45) is 11.8 Å². The highest BCUT2D eigenvalue weighted by Gasteiger charge is 2.59. The number of hydrogen-bond donors (Lipinski definition) is 1. The molecular formula is C28H39N3O4. The number of amides is 1. The molecule has 7 nitrogen and oxygen atoms in total. The summed E-state index contributed by atoms with van der Waals surface area (Å²) in [7, 11) is 1.59. The minimum Gasteiger partial charge on any atom is -0.496 e. The smallest absolute Gasteiger partial charge is 0.329 e. The fraction of sp³-hybridized carbons (Fsp3) is 0.571. The fourth-order valence-corrected chi connectivity index (χ4v) is 5.64. The Hall–Kier alpha value is -2.96. The number of carbonyl (C=O) groups is 2. The van der Waals surface area contributed by atoms with Gasteiger partial charge < -0.3 is 14.7 Å². The SMILES string of the molecule is COc1cc(C(=O)N2C(C(C)C)C(c3cnccn3)CC2(CC(C)C)C(=O)O)ccc1C(C)(C)C. The minimum atomic E-state index is -1.35. The van der Waals surface area contributed by atoms with E-state index in [9.17, 15) is 14.7 Å². The third-order valence-electron chi connectivity index (χ3n) is 6.99. The number of hydrogen-bond acceptors (Lipinski definition) is 5. The number of aromatic nitrogens is 2. The van der Waals surface area contributed by atoms with Gasteiger partial charge in [0, 0.05) is 36.1 Å². The Morgan fingerprint density at radius 1 is 1.20 bits per heavy atom. The summed E-state index contributed by atoms with van der Waals surface area (Å²) < 4.78 is 5.65. The minimum absolute atomic E-state index is 0.00934. The van der Waals surface area contributed by atoms with E-state index < -0.39 is 11.5 Å². The van der Waals surface area contributed by atoms with Gasteiger partial charge in [0.15, 0.2) is 0 Å².